The highest BCUT2D eigenvalue weighted by Crippen LogP contribution is 2.09. The summed E-state index contributed by atoms with van der Waals surface area (Å²) in [6.07, 6.45) is 0.245. The van der Waals surface area contributed by atoms with Crippen molar-refractivity contribution in [3.05, 3.63) is 30.3 Å². The van der Waals surface area contributed by atoms with Gasteiger partial charge < -0.3 is 21.3 Å². The third-order valence-corrected chi connectivity index (χ3v) is 3.02. The second kappa shape index (κ2) is 6.19. The molecule has 4 N–H and O–H groups in total. The minimum Gasteiger partial charge on any atom is -0.370 e. The Bertz CT molecular complexity index is 449. The Morgan fingerprint density at radius 3 is 2.79 bits per heavy atom. The fourth-order valence-corrected chi connectivity index (χ4v) is 2.11. The Labute approximate surface area is 112 Å². The highest BCUT2D eigenvalue weighted by atomic mass is 16.2. The lowest BCUT2D eigenvalue weighted by Crippen LogP contribution is -2.54. The van der Waals surface area contributed by atoms with Crippen molar-refractivity contribution in [1.29, 1.82) is 0 Å². The van der Waals surface area contributed by atoms with Crippen molar-refractivity contribution in [3.63, 3.8) is 0 Å². The summed E-state index contributed by atoms with van der Waals surface area (Å²) in [4.78, 5) is 24.7. The van der Waals surface area contributed by atoms with E-state index in [1.54, 1.807) is 4.90 Å². The van der Waals surface area contributed by atoms with Crippen LogP contribution in [0.3, 0.4) is 0 Å². The summed E-state index contributed by atoms with van der Waals surface area (Å²) in [7, 11) is 0. The van der Waals surface area contributed by atoms with Crippen molar-refractivity contribution in [1.82, 2.24) is 10.2 Å². The van der Waals surface area contributed by atoms with E-state index in [4.69, 9.17) is 5.73 Å². The summed E-state index contributed by atoms with van der Waals surface area (Å²) >= 11 is 0. The molecule has 0 radical (unpaired) electrons. The van der Waals surface area contributed by atoms with Crippen LogP contribution < -0.4 is 16.4 Å². The number of anilines is 1. The summed E-state index contributed by atoms with van der Waals surface area (Å²) in [5, 5.41) is 6.01. The van der Waals surface area contributed by atoms with Crippen LogP contribution in [0.25, 0.3) is 0 Å². The van der Waals surface area contributed by atoms with Gasteiger partial charge >= 0.3 is 6.03 Å². The van der Waals surface area contributed by atoms with Crippen LogP contribution in [0.2, 0.25) is 0 Å². The second-order valence-corrected chi connectivity index (χ2v) is 4.56. The maximum atomic E-state index is 12.1. The molecule has 102 valence electrons. The van der Waals surface area contributed by atoms with Gasteiger partial charge in [-0.05, 0) is 12.1 Å². The van der Waals surface area contributed by atoms with Gasteiger partial charge in [-0.3, -0.25) is 4.79 Å². The van der Waals surface area contributed by atoms with E-state index in [2.05, 4.69) is 10.6 Å². The first-order valence-electron chi connectivity index (χ1n) is 6.28. The molecule has 1 heterocycles. The average Bonchev–Trinajstić information content (AvgIpc) is 2.39. The van der Waals surface area contributed by atoms with Crippen LogP contribution in [0.5, 0.6) is 0 Å². The number of urea groups is 1. The summed E-state index contributed by atoms with van der Waals surface area (Å²) in [6, 6.07) is 9.08. The molecule has 0 saturated carbocycles. The number of nitrogens with one attached hydrogen (secondary N) is 2. The largest absolute Gasteiger partial charge is 0.370 e. The lowest BCUT2D eigenvalue weighted by atomic mass is 10.1. The Morgan fingerprint density at radius 2 is 2.11 bits per heavy atom. The number of primary amides is 1. The number of nitrogens with two attached hydrogens (primary N) is 1. The number of hydrogen-bond acceptors (Lipinski definition) is 3. The monoisotopic (exact) mass is 262 g/mol. The zero-order valence-corrected chi connectivity index (χ0v) is 10.6. The number of benzene rings is 1. The fourth-order valence-electron chi connectivity index (χ4n) is 2.11. The predicted octanol–water partition coefficient (Wildman–Crippen LogP) is 0.368. The molecule has 6 heteroatoms. The van der Waals surface area contributed by atoms with E-state index in [1.807, 2.05) is 30.3 Å². The van der Waals surface area contributed by atoms with Gasteiger partial charge in [-0.2, -0.15) is 0 Å². The summed E-state index contributed by atoms with van der Waals surface area (Å²) in [5.74, 6) is -0.359. The molecule has 1 aliphatic rings. The van der Waals surface area contributed by atoms with Gasteiger partial charge in [-0.15, -0.1) is 0 Å². The smallest absolute Gasteiger partial charge is 0.321 e. The van der Waals surface area contributed by atoms with Crippen LogP contribution >= 0.6 is 0 Å². The van der Waals surface area contributed by atoms with Crippen LogP contribution in [-0.4, -0.2) is 42.5 Å². The predicted molar refractivity (Wildman–Crippen MR) is 72.6 cm³/mol. The molecule has 19 heavy (non-hydrogen) atoms. The van der Waals surface area contributed by atoms with E-state index < -0.39 is 0 Å². The minimum atomic E-state index is -0.359. The zero-order chi connectivity index (χ0) is 13.7. The van der Waals surface area contributed by atoms with Crippen LogP contribution in [0.4, 0.5) is 10.5 Å². The molecule has 0 bridgehead atoms. The third kappa shape index (κ3) is 3.96. The number of carbonyl (C=O) groups excluding carboxylic acids is 2. The molecule has 1 aromatic carbocycles. The fraction of sp³-hybridized carbons (Fsp3) is 0.385. The van der Waals surface area contributed by atoms with Gasteiger partial charge in [0.25, 0.3) is 0 Å². The lowest BCUT2D eigenvalue weighted by Gasteiger charge is -2.33. The quantitative estimate of drug-likeness (QED) is 0.735. The van der Waals surface area contributed by atoms with Crippen molar-refractivity contribution < 1.29 is 9.59 Å². The highest BCUT2D eigenvalue weighted by molar-refractivity contribution is 5.89. The molecule has 0 aliphatic carbocycles. The van der Waals surface area contributed by atoms with E-state index in [1.165, 1.54) is 0 Å². The van der Waals surface area contributed by atoms with E-state index in [0.717, 1.165) is 5.69 Å². The number of rotatable bonds is 3. The van der Waals surface area contributed by atoms with Crippen molar-refractivity contribution in [2.24, 2.45) is 5.73 Å². The van der Waals surface area contributed by atoms with E-state index in [0.29, 0.717) is 19.6 Å². The van der Waals surface area contributed by atoms with Gasteiger partial charge in [0.05, 0.1) is 0 Å². The molecule has 0 aromatic heterocycles. The molecule has 6 nitrogen and oxygen atoms in total. The molecule has 1 fully saturated rings. The van der Waals surface area contributed by atoms with Crippen LogP contribution in [0.15, 0.2) is 30.3 Å². The minimum absolute atomic E-state index is 0.0622. The summed E-state index contributed by atoms with van der Waals surface area (Å²) in [6.45, 7) is 1.77. The number of para-hydroxylation sites is 1. The Morgan fingerprint density at radius 1 is 1.37 bits per heavy atom. The maximum absolute atomic E-state index is 12.1. The second-order valence-electron chi connectivity index (χ2n) is 4.56. The van der Waals surface area contributed by atoms with Crippen molar-refractivity contribution >= 4 is 17.6 Å². The van der Waals surface area contributed by atoms with Gasteiger partial charge in [-0.1, -0.05) is 18.2 Å². The van der Waals surface area contributed by atoms with Crippen LogP contribution in [0.1, 0.15) is 6.42 Å². The first kappa shape index (κ1) is 13.4. The first-order chi connectivity index (χ1) is 9.15. The number of piperazine rings is 1. The van der Waals surface area contributed by atoms with Crippen LogP contribution in [0, 0.1) is 0 Å². The van der Waals surface area contributed by atoms with Gasteiger partial charge in [0.15, 0.2) is 0 Å². The van der Waals surface area contributed by atoms with E-state index >= 15 is 0 Å². The molecule has 1 saturated heterocycles. The molecule has 1 aliphatic heterocycles. The lowest BCUT2D eigenvalue weighted by molar-refractivity contribution is -0.118. The molecular weight excluding hydrogens is 244 g/mol. The normalized spacial score (nSPS) is 18.9. The zero-order valence-electron chi connectivity index (χ0n) is 10.6. The van der Waals surface area contributed by atoms with Crippen molar-refractivity contribution in [2.75, 3.05) is 25.0 Å². The molecule has 2 rings (SSSR count). The highest BCUT2D eigenvalue weighted by Gasteiger charge is 2.24. The molecule has 1 unspecified atom stereocenters. The Kier molecular flexibility index (Phi) is 4.35. The topological polar surface area (TPSA) is 87.5 Å². The van der Waals surface area contributed by atoms with Crippen LogP contribution in [-0.2, 0) is 4.79 Å². The van der Waals surface area contributed by atoms with E-state index in [-0.39, 0.29) is 24.4 Å². The van der Waals surface area contributed by atoms with Crippen molar-refractivity contribution in [2.45, 2.75) is 12.5 Å². The Hall–Kier alpha value is -2.08. The van der Waals surface area contributed by atoms with Gasteiger partial charge in [0.2, 0.25) is 5.91 Å². The molecule has 1 atom stereocenters. The third-order valence-electron chi connectivity index (χ3n) is 3.02. The van der Waals surface area contributed by atoms with Gasteiger partial charge in [0, 0.05) is 37.8 Å². The summed E-state index contributed by atoms with van der Waals surface area (Å²) in [5.41, 5.74) is 5.93. The number of hydrogen-bond donors (Lipinski definition) is 3. The SMILES string of the molecule is NC(=O)CC1CN(C(=O)Nc2ccccc2)CCN1. The number of nitrogens with zero attached hydrogens (tertiary/aromatic N) is 1. The summed E-state index contributed by atoms with van der Waals surface area (Å²) < 4.78 is 0. The van der Waals surface area contributed by atoms with Gasteiger partial charge in [-0.25, -0.2) is 4.79 Å². The number of amides is 3. The molecular formula is C13H18N4O2. The standard InChI is InChI=1S/C13H18N4O2/c14-12(18)8-11-9-17(7-6-15-11)13(19)16-10-4-2-1-3-5-10/h1-5,11,15H,6-9H2,(H2,14,18)(H,16,19). The van der Waals surface area contributed by atoms with Gasteiger partial charge in [0.1, 0.15) is 0 Å². The molecule has 1 aromatic rings. The maximum Gasteiger partial charge on any atom is 0.321 e. The van der Waals surface area contributed by atoms with Crippen molar-refractivity contribution in [3.8, 4) is 0 Å². The average molecular weight is 262 g/mol. The molecule has 3 amide bonds. The number of carbonyl (C=O) groups is 2. The molecule has 0 spiro atoms. The first-order valence-corrected chi connectivity index (χ1v) is 6.28. The Balaban J connectivity index is 1.90. The van der Waals surface area contributed by atoms with E-state index in [9.17, 15) is 9.59 Å².